The molecule has 2 N–H and O–H groups in total. The van der Waals surface area contributed by atoms with E-state index in [1.54, 1.807) is 29.2 Å². The van der Waals surface area contributed by atoms with Crippen LogP contribution >= 0.6 is 0 Å². The Morgan fingerprint density at radius 3 is 2.50 bits per heavy atom. The Bertz CT molecular complexity index is 744. The van der Waals surface area contributed by atoms with Crippen LogP contribution in [0.4, 0.5) is 14.5 Å². The molecule has 1 saturated heterocycles. The third-order valence-corrected chi connectivity index (χ3v) is 4.11. The number of hydrogen-bond acceptors (Lipinski definition) is 3. The molecule has 24 heavy (non-hydrogen) atoms. The highest BCUT2D eigenvalue weighted by atomic mass is 19.1. The van der Waals surface area contributed by atoms with Gasteiger partial charge in [-0.15, -0.1) is 0 Å². The molecule has 1 fully saturated rings. The van der Waals surface area contributed by atoms with Gasteiger partial charge in [-0.25, -0.2) is 8.78 Å². The fourth-order valence-corrected chi connectivity index (χ4v) is 2.79. The summed E-state index contributed by atoms with van der Waals surface area (Å²) in [5.74, 6) is -1.43. The molecule has 1 heterocycles. The lowest BCUT2D eigenvalue weighted by Crippen LogP contribution is -2.42. The Morgan fingerprint density at radius 2 is 1.83 bits per heavy atom. The Labute approximate surface area is 138 Å². The number of ether oxygens (including phenoxy) is 1. The van der Waals surface area contributed by atoms with E-state index in [1.165, 1.54) is 6.07 Å². The van der Waals surface area contributed by atoms with E-state index in [2.05, 4.69) is 0 Å². The van der Waals surface area contributed by atoms with Crippen LogP contribution in [0.15, 0.2) is 42.5 Å². The zero-order valence-corrected chi connectivity index (χ0v) is 13.0. The van der Waals surface area contributed by atoms with Gasteiger partial charge in [-0.3, -0.25) is 4.79 Å². The average Bonchev–Trinajstić information content (AvgIpc) is 2.58. The molecule has 2 aromatic carbocycles. The van der Waals surface area contributed by atoms with Crippen molar-refractivity contribution >= 4 is 11.6 Å². The summed E-state index contributed by atoms with van der Waals surface area (Å²) in [4.78, 5) is 14.2. The highest BCUT2D eigenvalue weighted by Gasteiger charge is 2.26. The standard InChI is InChI=1S/C18H18F2N2O2/c19-12-5-6-17(15(20)11-12)24-13-7-9-22(10-8-13)18(23)14-3-1-2-4-16(14)21/h1-6,11,13H,7-10,21H2. The van der Waals surface area contributed by atoms with Crippen LogP contribution in [0, 0.1) is 11.6 Å². The summed E-state index contributed by atoms with van der Waals surface area (Å²) in [7, 11) is 0. The quantitative estimate of drug-likeness (QED) is 0.878. The average molecular weight is 332 g/mol. The molecular weight excluding hydrogens is 314 g/mol. The minimum atomic E-state index is -0.717. The van der Waals surface area contributed by atoms with E-state index in [9.17, 15) is 13.6 Å². The van der Waals surface area contributed by atoms with E-state index >= 15 is 0 Å². The molecule has 0 atom stereocenters. The highest BCUT2D eigenvalue weighted by Crippen LogP contribution is 2.24. The Morgan fingerprint density at radius 1 is 1.12 bits per heavy atom. The molecule has 2 aromatic rings. The molecule has 0 aromatic heterocycles. The lowest BCUT2D eigenvalue weighted by atomic mass is 10.1. The van der Waals surface area contributed by atoms with Gasteiger partial charge in [0.2, 0.25) is 0 Å². The second kappa shape index (κ2) is 6.86. The fraction of sp³-hybridized carbons (Fsp3) is 0.278. The molecule has 6 heteroatoms. The fourth-order valence-electron chi connectivity index (χ4n) is 2.79. The van der Waals surface area contributed by atoms with Crippen LogP contribution in [0.1, 0.15) is 23.2 Å². The van der Waals surface area contributed by atoms with Gasteiger partial charge >= 0.3 is 0 Å². The summed E-state index contributed by atoms with van der Waals surface area (Å²) in [5, 5.41) is 0. The number of piperidine rings is 1. The minimum absolute atomic E-state index is 0.0356. The largest absolute Gasteiger partial charge is 0.487 e. The van der Waals surface area contributed by atoms with Crippen molar-refractivity contribution in [3.8, 4) is 5.75 Å². The number of carbonyl (C=O) groups excluding carboxylic acids is 1. The molecule has 0 bridgehead atoms. The number of anilines is 1. The van der Waals surface area contributed by atoms with Crippen LogP contribution in [-0.4, -0.2) is 30.0 Å². The number of benzene rings is 2. The molecule has 3 rings (SSSR count). The first-order chi connectivity index (χ1) is 11.5. The van der Waals surface area contributed by atoms with E-state index in [0.29, 0.717) is 37.2 Å². The van der Waals surface area contributed by atoms with E-state index in [4.69, 9.17) is 10.5 Å². The van der Waals surface area contributed by atoms with Crippen LogP contribution in [0.3, 0.4) is 0 Å². The summed E-state index contributed by atoms with van der Waals surface area (Å²) in [5.41, 5.74) is 6.78. The minimum Gasteiger partial charge on any atom is -0.487 e. The highest BCUT2D eigenvalue weighted by molar-refractivity contribution is 5.99. The van der Waals surface area contributed by atoms with Gasteiger partial charge in [0.15, 0.2) is 11.6 Å². The van der Waals surface area contributed by atoms with Gasteiger partial charge in [0.05, 0.1) is 5.56 Å². The van der Waals surface area contributed by atoms with Crippen molar-refractivity contribution in [2.24, 2.45) is 0 Å². The zero-order chi connectivity index (χ0) is 17.1. The van der Waals surface area contributed by atoms with Crippen molar-refractivity contribution in [1.82, 2.24) is 4.90 Å². The van der Waals surface area contributed by atoms with Crippen LogP contribution in [0.2, 0.25) is 0 Å². The number of nitrogens with two attached hydrogens (primary N) is 1. The molecular formula is C18H18F2N2O2. The molecule has 4 nitrogen and oxygen atoms in total. The second-order valence-electron chi connectivity index (χ2n) is 5.77. The first-order valence-corrected chi connectivity index (χ1v) is 7.80. The normalized spacial score (nSPS) is 15.3. The lowest BCUT2D eigenvalue weighted by Gasteiger charge is -2.32. The molecule has 0 spiro atoms. The number of likely N-dealkylation sites (tertiary alicyclic amines) is 1. The number of halogens is 2. The van der Waals surface area contributed by atoms with Gasteiger partial charge in [-0.2, -0.15) is 0 Å². The zero-order valence-electron chi connectivity index (χ0n) is 13.0. The van der Waals surface area contributed by atoms with Gasteiger partial charge in [-0.05, 0) is 24.3 Å². The molecule has 126 valence electrons. The molecule has 0 unspecified atom stereocenters. The molecule has 0 radical (unpaired) electrons. The van der Waals surface area contributed by atoms with Crippen LogP contribution in [-0.2, 0) is 0 Å². The Kier molecular flexibility index (Phi) is 4.64. The maximum Gasteiger partial charge on any atom is 0.255 e. The van der Waals surface area contributed by atoms with Crippen molar-refractivity contribution in [2.75, 3.05) is 18.8 Å². The van der Waals surface area contributed by atoms with Gasteiger partial charge < -0.3 is 15.4 Å². The summed E-state index contributed by atoms with van der Waals surface area (Å²) >= 11 is 0. The van der Waals surface area contributed by atoms with Crippen molar-refractivity contribution in [3.63, 3.8) is 0 Å². The van der Waals surface area contributed by atoms with Crippen LogP contribution < -0.4 is 10.5 Å². The second-order valence-corrected chi connectivity index (χ2v) is 5.77. The van der Waals surface area contributed by atoms with Gasteiger partial charge in [-0.1, -0.05) is 12.1 Å². The number of rotatable bonds is 3. The topological polar surface area (TPSA) is 55.6 Å². The molecule has 0 aliphatic carbocycles. The molecule has 1 aliphatic heterocycles. The predicted octanol–water partition coefficient (Wildman–Crippen LogP) is 3.23. The smallest absolute Gasteiger partial charge is 0.255 e. The summed E-state index contributed by atoms with van der Waals surface area (Å²) < 4.78 is 32.1. The number of nitrogens with zero attached hydrogens (tertiary/aromatic N) is 1. The maximum absolute atomic E-state index is 13.6. The molecule has 0 saturated carbocycles. The number of nitrogen functional groups attached to an aromatic ring is 1. The van der Waals surface area contributed by atoms with Crippen molar-refractivity contribution in [3.05, 3.63) is 59.7 Å². The van der Waals surface area contributed by atoms with Gasteiger partial charge in [0, 0.05) is 37.7 Å². The summed E-state index contributed by atoms with van der Waals surface area (Å²) in [6, 6.07) is 10.2. The Hall–Kier alpha value is -2.63. The van der Waals surface area contributed by atoms with Crippen molar-refractivity contribution in [2.45, 2.75) is 18.9 Å². The monoisotopic (exact) mass is 332 g/mol. The summed E-state index contributed by atoms with van der Waals surface area (Å²) in [6.45, 7) is 1.00. The number of para-hydroxylation sites is 1. The first kappa shape index (κ1) is 16.2. The predicted molar refractivity (Wildman–Crippen MR) is 86.8 cm³/mol. The van der Waals surface area contributed by atoms with E-state index in [-0.39, 0.29) is 17.8 Å². The molecule has 1 aliphatic rings. The summed E-state index contributed by atoms with van der Waals surface area (Å²) in [6.07, 6.45) is 0.951. The Balaban J connectivity index is 1.60. The third kappa shape index (κ3) is 3.48. The third-order valence-electron chi connectivity index (χ3n) is 4.11. The SMILES string of the molecule is Nc1ccccc1C(=O)N1CCC(Oc2ccc(F)cc2F)CC1. The maximum atomic E-state index is 13.6. The van der Waals surface area contributed by atoms with Gasteiger partial charge in [0.25, 0.3) is 5.91 Å². The van der Waals surface area contributed by atoms with Crippen LogP contribution in [0.5, 0.6) is 5.75 Å². The van der Waals surface area contributed by atoms with E-state index < -0.39 is 11.6 Å². The number of amides is 1. The first-order valence-electron chi connectivity index (χ1n) is 7.80. The van der Waals surface area contributed by atoms with Gasteiger partial charge in [0.1, 0.15) is 11.9 Å². The van der Waals surface area contributed by atoms with Crippen LogP contribution in [0.25, 0.3) is 0 Å². The van der Waals surface area contributed by atoms with Crippen molar-refractivity contribution < 1.29 is 18.3 Å². The number of carbonyl (C=O) groups is 1. The van der Waals surface area contributed by atoms with E-state index in [0.717, 1.165) is 12.1 Å². The van der Waals surface area contributed by atoms with E-state index in [1.807, 2.05) is 0 Å². The lowest BCUT2D eigenvalue weighted by molar-refractivity contribution is 0.0589. The molecule has 1 amide bonds. The number of hydrogen-bond donors (Lipinski definition) is 1. The van der Waals surface area contributed by atoms with Crippen molar-refractivity contribution in [1.29, 1.82) is 0 Å².